The molecular formula is C20H19ClF2N6S. The first-order chi connectivity index (χ1) is 14.5. The van der Waals surface area contributed by atoms with Gasteiger partial charge in [-0.15, -0.1) is 0 Å². The van der Waals surface area contributed by atoms with Crippen molar-refractivity contribution in [3.05, 3.63) is 52.8 Å². The molecule has 0 unspecified atom stereocenters. The molecule has 1 aromatic carbocycles. The number of rotatable bonds is 4. The maximum atomic E-state index is 14.4. The quantitative estimate of drug-likeness (QED) is 0.575. The Morgan fingerprint density at radius 1 is 1.20 bits per heavy atom. The molecule has 2 N–H and O–H groups in total. The summed E-state index contributed by atoms with van der Waals surface area (Å²) >= 11 is 11.7. The number of thiocarbonyl (C=S) groups is 1. The van der Waals surface area contributed by atoms with Crippen LogP contribution in [0.2, 0.25) is 5.15 Å². The average molecular weight is 449 g/mol. The highest BCUT2D eigenvalue weighted by molar-refractivity contribution is 7.80. The zero-order chi connectivity index (χ0) is 20.8. The number of fused-ring (bicyclic) bond motifs is 1. The molecule has 1 aliphatic heterocycles. The highest BCUT2D eigenvalue weighted by atomic mass is 35.5. The van der Waals surface area contributed by atoms with Crippen molar-refractivity contribution in [1.29, 1.82) is 0 Å². The molecule has 5 rings (SSSR count). The number of aromatic nitrogens is 3. The van der Waals surface area contributed by atoms with Gasteiger partial charge in [0.25, 0.3) is 0 Å². The van der Waals surface area contributed by atoms with Gasteiger partial charge in [-0.3, -0.25) is 0 Å². The van der Waals surface area contributed by atoms with Crippen molar-refractivity contribution in [3.63, 3.8) is 0 Å². The van der Waals surface area contributed by atoms with Crippen molar-refractivity contribution in [3.8, 4) is 0 Å². The standard InChI is InChI=1S/C20H19ClF2N6S/c21-18-17(26-20(30)24-12-4-5-12)19-25-16(7-9-29(19)27-18)28-8-1-2-15(28)13-10-11(22)3-6-14(13)23/h3,6-7,9-10,12,15H,1-2,4-5,8H2,(H2,24,26,30)/t15-/m1/s1. The Bertz CT molecular complexity index is 1130. The Morgan fingerprint density at radius 2 is 2.03 bits per heavy atom. The molecule has 1 saturated heterocycles. The van der Waals surface area contributed by atoms with E-state index in [2.05, 4.69) is 15.7 Å². The monoisotopic (exact) mass is 448 g/mol. The van der Waals surface area contributed by atoms with Crippen molar-refractivity contribution >= 4 is 46.1 Å². The van der Waals surface area contributed by atoms with Crippen LogP contribution in [-0.2, 0) is 0 Å². The van der Waals surface area contributed by atoms with Crippen molar-refractivity contribution in [1.82, 2.24) is 19.9 Å². The fourth-order valence-corrected chi connectivity index (χ4v) is 4.34. The predicted octanol–water partition coefficient (Wildman–Crippen LogP) is 4.45. The van der Waals surface area contributed by atoms with Crippen LogP contribution in [0, 0.1) is 11.6 Å². The number of halogens is 3. The van der Waals surface area contributed by atoms with Gasteiger partial charge in [0.1, 0.15) is 23.1 Å². The van der Waals surface area contributed by atoms with E-state index in [0.717, 1.165) is 25.3 Å². The van der Waals surface area contributed by atoms with E-state index in [1.165, 1.54) is 12.1 Å². The average Bonchev–Trinajstić information content (AvgIpc) is 3.30. The third kappa shape index (κ3) is 3.67. The normalized spacial score (nSPS) is 18.8. The molecule has 2 aromatic heterocycles. The van der Waals surface area contributed by atoms with E-state index in [0.29, 0.717) is 46.8 Å². The Hall–Kier alpha value is -2.52. The van der Waals surface area contributed by atoms with Crippen LogP contribution < -0.4 is 15.5 Å². The van der Waals surface area contributed by atoms with Crippen LogP contribution in [0.4, 0.5) is 20.3 Å². The zero-order valence-electron chi connectivity index (χ0n) is 15.9. The second kappa shape index (κ2) is 7.63. The molecule has 10 heteroatoms. The van der Waals surface area contributed by atoms with Gasteiger partial charge in [-0.1, -0.05) is 11.6 Å². The van der Waals surface area contributed by atoms with E-state index in [1.807, 2.05) is 4.90 Å². The molecule has 30 heavy (non-hydrogen) atoms. The van der Waals surface area contributed by atoms with Gasteiger partial charge < -0.3 is 15.5 Å². The number of hydrogen-bond donors (Lipinski definition) is 2. The second-order valence-electron chi connectivity index (χ2n) is 7.61. The summed E-state index contributed by atoms with van der Waals surface area (Å²) in [7, 11) is 0. The number of benzene rings is 1. The third-order valence-corrected chi connectivity index (χ3v) is 5.93. The van der Waals surface area contributed by atoms with Crippen molar-refractivity contribution < 1.29 is 8.78 Å². The lowest BCUT2D eigenvalue weighted by atomic mass is 10.0. The van der Waals surface area contributed by atoms with Gasteiger partial charge in [0, 0.05) is 24.3 Å². The molecule has 1 atom stereocenters. The number of anilines is 2. The molecule has 2 fully saturated rings. The molecule has 0 spiro atoms. The van der Waals surface area contributed by atoms with Crippen LogP contribution in [0.5, 0.6) is 0 Å². The van der Waals surface area contributed by atoms with Crippen LogP contribution in [0.15, 0.2) is 30.5 Å². The van der Waals surface area contributed by atoms with Gasteiger partial charge in [0.15, 0.2) is 15.9 Å². The minimum absolute atomic E-state index is 0.258. The summed E-state index contributed by atoms with van der Waals surface area (Å²) in [4.78, 5) is 6.72. The Morgan fingerprint density at radius 3 is 2.83 bits per heavy atom. The number of nitrogens with zero attached hydrogens (tertiary/aromatic N) is 4. The number of hydrogen-bond acceptors (Lipinski definition) is 4. The molecule has 3 heterocycles. The first-order valence-electron chi connectivity index (χ1n) is 9.83. The van der Waals surface area contributed by atoms with Gasteiger partial charge in [-0.2, -0.15) is 5.10 Å². The Labute approximate surface area is 182 Å². The third-order valence-electron chi connectivity index (χ3n) is 5.44. The minimum atomic E-state index is -0.451. The molecular weight excluding hydrogens is 430 g/mol. The van der Waals surface area contributed by atoms with Gasteiger partial charge >= 0.3 is 0 Å². The SMILES string of the molecule is Fc1ccc(F)c([C@H]2CCCN2c2ccn3nc(Cl)c(NC(=S)NC4CC4)c3n2)c1. The first-order valence-corrected chi connectivity index (χ1v) is 10.6. The van der Waals surface area contributed by atoms with E-state index in [1.54, 1.807) is 16.8 Å². The smallest absolute Gasteiger partial charge is 0.182 e. The lowest BCUT2D eigenvalue weighted by molar-refractivity contribution is 0.560. The van der Waals surface area contributed by atoms with Crippen LogP contribution in [0.3, 0.4) is 0 Å². The fraction of sp³-hybridized carbons (Fsp3) is 0.350. The maximum Gasteiger partial charge on any atom is 0.182 e. The highest BCUT2D eigenvalue weighted by Crippen LogP contribution is 2.37. The predicted molar refractivity (Wildman–Crippen MR) is 116 cm³/mol. The molecule has 2 aliphatic rings. The summed E-state index contributed by atoms with van der Waals surface area (Å²) in [5.41, 5.74) is 1.38. The Kier molecular flexibility index (Phi) is 4.94. The summed E-state index contributed by atoms with van der Waals surface area (Å²) in [5.74, 6) is -0.220. The maximum absolute atomic E-state index is 14.4. The molecule has 6 nitrogen and oxygen atoms in total. The first kappa shape index (κ1) is 19.4. The summed E-state index contributed by atoms with van der Waals surface area (Å²) in [6.07, 6.45) is 5.52. The summed E-state index contributed by atoms with van der Waals surface area (Å²) < 4.78 is 29.7. The molecule has 1 aliphatic carbocycles. The largest absolute Gasteiger partial charge is 0.360 e. The van der Waals surface area contributed by atoms with Crippen LogP contribution in [0.25, 0.3) is 5.65 Å². The molecule has 0 bridgehead atoms. The van der Waals surface area contributed by atoms with Crippen molar-refractivity contribution in [2.24, 2.45) is 0 Å². The summed E-state index contributed by atoms with van der Waals surface area (Å²) in [6, 6.07) is 5.49. The van der Waals surface area contributed by atoms with E-state index in [-0.39, 0.29) is 11.2 Å². The van der Waals surface area contributed by atoms with Gasteiger partial charge in [0.05, 0.1) is 6.04 Å². The van der Waals surface area contributed by atoms with Crippen molar-refractivity contribution in [2.75, 3.05) is 16.8 Å². The fourth-order valence-electron chi connectivity index (χ4n) is 3.86. The van der Waals surface area contributed by atoms with Gasteiger partial charge in [-0.05, 0) is 62.2 Å². The lowest BCUT2D eigenvalue weighted by Crippen LogP contribution is -2.30. The van der Waals surface area contributed by atoms with E-state index < -0.39 is 11.6 Å². The highest BCUT2D eigenvalue weighted by Gasteiger charge is 2.30. The number of nitrogens with one attached hydrogen (secondary N) is 2. The molecule has 0 amide bonds. The zero-order valence-corrected chi connectivity index (χ0v) is 17.5. The molecule has 1 saturated carbocycles. The molecule has 0 radical (unpaired) electrons. The van der Waals surface area contributed by atoms with Crippen molar-refractivity contribution in [2.45, 2.75) is 37.8 Å². The van der Waals surface area contributed by atoms with E-state index in [4.69, 9.17) is 28.8 Å². The minimum Gasteiger partial charge on any atom is -0.360 e. The molecule has 156 valence electrons. The van der Waals surface area contributed by atoms with Gasteiger partial charge in [0.2, 0.25) is 0 Å². The molecule has 3 aromatic rings. The lowest BCUT2D eigenvalue weighted by Gasteiger charge is -2.26. The van der Waals surface area contributed by atoms with Gasteiger partial charge in [-0.25, -0.2) is 18.3 Å². The van der Waals surface area contributed by atoms with Crippen LogP contribution in [0.1, 0.15) is 37.3 Å². The summed E-state index contributed by atoms with van der Waals surface area (Å²) in [6.45, 7) is 0.691. The van der Waals surface area contributed by atoms with Crippen LogP contribution >= 0.6 is 23.8 Å². The van der Waals surface area contributed by atoms with Crippen LogP contribution in [-0.4, -0.2) is 32.3 Å². The topological polar surface area (TPSA) is 57.5 Å². The summed E-state index contributed by atoms with van der Waals surface area (Å²) in [5, 5.41) is 11.3. The second-order valence-corrected chi connectivity index (χ2v) is 8.38. The Balaban J connectivity index is 1.48. The van der Waals surface area contributed by atoms with E-state index in [9.17, 15) is 8.78 Å². The van der Waals surface area contributed by atoms with E-state index >= 15 is 0 Å².